The lowest BCUT2D eigenvalue weighted by Gasteiger charge is -2.44. The van der Waals surface area contributed by atoms with Gasteiger partial charge in [-0.25, -0.2) is 4.79 Å². The molecule has 2 amide bonds. The molecule has 0 N–H and O–H groups in total. The molecule has 0 aromatic carbocycles. The lowest BCUT2D eigenvalue weighted by atomic mass is 9.91. The average molecular weight is 357 g/mol. The van der Waals surface area contributed by atoms with Crippen LogP contribution in [0.5, 0.6) is 0 Å². The first-order chi connectivity index (χ1) is 10.9. The van der Waals surface area contributed by atoms with Crippen molar-refractivity contribution in [1.82, 2.24) is 9.80 Å². The second-order valence-electron chi connectivity index (χ2n) is 6.97. The molecule has 23 heavy (non-hydrogen) atoms. The van der Waals surface area contributed by atoms with Crippen LogP contribution in [0.15, 0.2) is 11.4 Å². The van der Waals surface area contributed by atoms with Crippen molar-refractivity contribution in [2.24, 2.45) is 5.41 Å². The number of hydrogen-bond acceptors (Lipinski definition) is 4. The minimum absolute atomic E-state index is 0.00926. The Morgan fingerprint density at radius 3 is 2.70 bits per heavy atom. The van der Waals surface area contributed by atoms with Crippen molar-refractivity contribution in [2.45, 2.75) is 32.7 Å². The molecule has 0 unspecified atom stereocenters. The number of hydrogen-bond donors (Lipinski definition) is 0. The van der Waals surface area contributed by atoms with E-state index in [1.165, 1.54) is 11.3 Å². The van der Waals surface area contributed by atoms with Gasteiger partial charge in [0.2, 0.25) is 0 Å². The molecule has 2 saturated heterocycles. The third-order valence-corrected chi connectivity index (χ3v) is 5.75. The van der Waals surface area contributed by atoms with E-state index in [-0.39, 0.29) is 23.5 Å². The zero-order valence-corrected chi connectivity index (χ0v) is 15.0. The van der Waals surface area contributed by atoms with Crippen LogP contribution in [0.4, 0.5) is 4.79 Å². The van der Waals surface area contributed by atoms with Crippen LogP contribution in [0.25, 0.3) is 0 Å². The van der Waals surface area contributed by atoms with E-state index in [1.54, 1.807) is 6.07 Å². The lowest BCUT2D eigenvalue weighted by Crippen LogP contribution is -2.55. The smallest absolute Gasteiger partial charge is 0.410 e. The molecule has 126 valence electrons. The van der Waals surface area contributed by atoms with Crippen molar-refractivity contribution < 1.29 is 14.3 Å². The number of piperidine rings is 1. The van der Waals surface area contributed by atoms with Gasteiger partial charge in [-0.05, 0) is 24.3 Å². The average Bonchev–Trinajstić information content (AvgIpc) is 2.95. The molecule has 1 aromatic heterocycles. The zero-order valence-electron chi connectivity index (χ0n) is 13.4. The van der Waals surface area contributed by atoms with E-state index in [0.29, 0.717) is 36.1 Å². The predicted octanol–water partition coefficient (Wildman–Crippen LogP) is 3.48. The molecule has 2 aliphatic heterocycles. The predicted molar refractivity (Wildman–Crippen MR) is 90.1 cm³/mol. The van der Waals surface area contributed by atoms with Crippen LogP contribution < -0.4 is 0 Å². The molecule has 3 rings (SSSR count). The van der Waals surface area contributed by atoms with Gasteiger partial charge >= 0.3 is 6.09 Å². The van der Waals surface area contributed by atoms with Gasteiger partial charge in [0.25, 0.3) is 5.91 Å². The van der Waals surface area contributed by atoms with E-state index in [1.807, 2.05) is 15.2 Å². The third kappa shape index (κ3) is 3.48. The van der Waals surface area contributed by atoms with Gasteiger partial charge in [-0.2, -0.15) is 0 Å². The molecule has 0 atom stereocenters. The molecule has 0 saturated carbocycles. The summed E-state index contributed by atoms with van der Waals surface area (Å²) in [4.78, 5) is 28.8. The summed E-state index contributed by atoms with van der Waals surface area (Å²) in [5, 5.41) is 2.34. The number of likely N-dealkylation sites (tertiary alicyclic amines) is 1. The second kappa shape index (κ2) is 6.32. The maximum atomic E-state index is 12.5. The Hall–Kier alpha value is -1.27. The van der Waals surface area contributed by atoms with Crippen molar-refractivity contribution in [3.05, 3.63) is 21.3 Å². The Balaban J connectivity index is 1.61. The first-order valence-corrected chi connectivity index (χ1v) is 9.09. The normalized spacial score (nSPS) is 22.1. The van der Waals surface area contributed by atoms with E-state index >= 15 is 0 Å². The van der Waals surface area contributed by atoms with E-state index in [4.69, 9.17) is 16.3 Å². The van der Waals surface area contributed by atoms with Gasteiger partial charge in [-0.1, -0.05) is 25.4 Å². The Morgan fingerprint density at radius 1 is 1.39 bits per heavy atom. The number of thiophene rings is 1. The molecule has 3 heterocycles. The first kappa shape index (κ1) is 16.6. The molecule has 0 radical (unpaired) electrons. The van der Waals surface area contributed by atoms with Gasteiger partial charge in [0, 0.05) is 31.1 Å². The summed E-state index contributed by atoms with van der Waals surface area (Å²) in [6, 6.07) is 1.89. The molecule has 0 aliphatic carbocycles. The first-order valence-electron chi connectivity index (χ1n) is 7.83. The van der Waals surface area contributed by atoms with Gasteiger partial charge in [0.05, 0.1) is 11.6 Å². The third-order valence-electron chi connectivity index (χ3n) is 4.42. The van der Waals surface area contributed by atoms with Crippen LogP contribution in [0.2, 0.25) is 5.02 Å². The fourth-order valence-electron chi connectivity index (χ4n) is 3.16. The molecule has 0 bridgehead atoms. The van der Waals surface area contributed by atoms with Gasteiger partial charge in [-0.15, -0.1) is 11.3 Å². The number of halogens is 1. The van der Waals surface area contributed by atoms with E-state index in [9.17, 15) is 9.59 Å². The minimum atomic E-state index is -0.226. The molecule has 2 aliphatic rings. The molecule has 0 spiro atoms. The SMILES string of the molecule is CC1(C)COC(=O)N(C2CCN(C(=O)c3sccc3Cl)CC2)C1. The van der Waals surface area contributed by atoms with Crippen LogP contribution >= 0.6 is 22.9 Å². The fourth-order valence-corrected chi connectivity index (χ4v) is 4.26. The zero-order chi connectivity index (χ0) is 16.6. The highest BCUT2D eigenvalue weighted by atomic mass is 35.5. The van der Waals surface area contributed by atoms with Crippen molar-refractivity contribution in [3.8, 4) is 0 Å². The van der Waals surface area contributed by atoms with Gasteiger partial charge in [0.15, 0.2) is 0 Å². The summed E-state index contributed by atoms with van der Waals surface area (Å²) in [6.07, 6.45) is 1.33. The summed E-state index contributed by atoms with van der Waals surface area (Å²) >= 11 is 7.42. The van der Waals surface area contributed by atoms with Crippen LogP contribution in [0, 0.1) is 5.41 Å². The Morgan fingerprint density at radius 2 is 2.09 bits per heavy atom. The summed E-state index contributed by atoms with van der Waals surface area (Å²) in [7, 11) is 0. The largest absolute Gasteiger partial charge is 0.449 e. The molecule has 7 heteroatoms. The van der Waals surface area contributed by atoms with Gasteiger partial charge < -0.3 is 14.5 Å². The topological polar surface area (TPSA) is 49.9 Å². The summed E-state index contributed by atoms with van der Waals surface area (Å²) < 4.78 is 5.30. The Bertz CT molecular complexity index is 608. The van der Waals surface area contributed by atoms with Crippen LogP contribution in [0.3, 0.4) is 0 Å². The van der Waals surface area contributed by atoms with E-state index in [2.05, 4.69) is 13.8 Å². The Labute approximate surface area is 145 Å². The number of cyclic esters (lactones) is 1. The summed E-state index contributed by atoms with van der Waals surface area (Å²) in [6.45, 7) is 6.66. The number of rotatable bonds is 2. The Kier molecular flexibility index (Phi) is 4.56. The van der Waals surface area contributed by atoms with Crippen molar-refractivity contribution in [1.29, 1.82) is 0 Å². The highest BCUT2D eigenvalue weighted by Gasteiger charge is 2.38. The monoisotopic (exact) mass is 356 g/mol. The highest BCUT2D eigenvalue weighted by Crippen LogP contribution is 2.29. The van der Waals surface area contributed by atoms with Gasteiger partial charge in [0.1, 0.15) is 4.88 Å². The highest BCUT2D eigenvalue weighted by molar-refractivity contribution is 7.12. The van der Waals surface area contributed by atoms with E-state index < -0.39 is 0 Å². The van der Waals surface area contributed by atoms with E-state index in [0.717, 1.165) is 12.8 Å². The van der Waals surface area contributed by atoms with Crippen LogP contribution in [-0.4, -0.2) is 54.1 Å². The number of carbonyl (C=O) groups is 2. The number of nitrogens with zero attached hydrogens (tertiary/aromatic N) is 2. The van der Waals surface area contributed by atoms with Crippen molar-refractivity contribution >= 4 is 34.9 Å². The van der Waals surface area contributed by atoms with Crippen LogP contribution in [0.1, 0.15) is 36.4 Å². The molecule has 5 nitrogen and oxygen atoms in total. The number of carbonyl (C=O) groups excluding carboxylic acids is 2. The molecule has 2 fully saturated rings. The maximum Gasteiger partial charge on any atom is 0.410 e. The summed E-state index contributed by atoms with van der Waals surface area (Å²) in [5.41, 5.74) is -0.0225. The summed E-state index contributed by atoms with van der Waals surface area (Å²) in [5.74, 6) is -0.00926. The van der Waals surface area contributed by atoms with Crippen LogP contribution in [-0.2, 0) is 4.74 Å². The minimum Gasteiger partial charge on any atom is -0.449 e. The maximum absolute atomic E-state index is 12.5. The van der Waals surface area contributed by atoms with Gasteiger partial charge in [-0.3, -0.25) is 4.79 Å². The second-order valence-corrected chi connectivity index (χ2v) is 8.29. The fraction of sp³-hybridized carbons (Fsp3) is 0.625. The van der Waals surface area contributed by atoms with Crippen molar-refractivity contribution in [2.75, 3.05) is 26.2 Å². The van der Waals surface area contributed by atoms with Crippen molar-refractivity contribution in [3.63, 3.8) is 0 Å². The lowest BCUT2D eigenvalue weighted by molar-refractivity contribution is -0.0153. The molecular formula is C16H21ClN2O3S. The number of amides is 2. The standard InChI is InChI=1S/C16H21ClN2O3S/c1-16(2)9-19(15(21)22-10-16)11-3-6-18(7-4-11)14(20)13-12(17)5-8-23-13/h5,8,11H,3-4,6-7,9-10H2,1-2H3. The molecule has 1 aromatic rings. The quantitative estimate of drug-likeness (QED) is 0.815. The number of ether oxygens (including phenoxy) is 1. The molecular weight excluding hydrogens is 336 g/mol.